The van der Waals surface area contributed by atoms with Crippen molar-refractivity contribution in [3.8, 4) is 16.9 Å². The third-order valence-corrected chi connectivity index (χ3v) is 6.00. The minimum atomic E-state index is -4.63. The number of fused-ring (bicyclic) bond motifs is 2. The van der Waals surface area contributed by atoms with Crippen molar-refractivity contribution in [1.29, 1.82) is 0 Å². The van der Waals surface area contributed by atoms with Gasteiger partial charge in [-0.05, 0) is 50.2 Å². The molecule has 0 spiro atoms. The van der Waals surface area contributed by atoms with Gasteiger partial charge in [0.1, 0.15) is 6.33 Å². The second kappa shape index (κ2) is 7.37. The van der Waals surface area contributed by atoms with Crippen molar-refractivity contribution < 1.29 is 17.9 Å². The number of piperidine rings is 1. The van der Waals surface area contributed by atoms with Gasteiger partial charge in [0.2, 0.25) is 0 Å². The number of halogens is 3. The summed E-state index contributed by atoms with van der Waals surface area (Å²) in [5, 5.41) is 4.03. The number of hydrogen-bond acceptors (Lipinski definition) is 5. The molecule has 1 saturated heterocycles. The number of H-pyrrole nitrogens is 1. The van der Waals surface area contributed by atoms with Crippen LogP contribution in [0.25, 0.3) is 27.8 Å². The van der Waals surface area contributed by atoms with Crippen LogP contribution in [0, 0.1) is 0 Å². The van der Waals surface area contributed by atoms with Crippen molar-refractivity contribution >= 4 is 16.7 Å². The number of aromatic amines is 1. The number of hydrogen-bond donors (Lipinski definition) is 1. The Morgan fingerprint density at radius 2 is 2.06 bits per heavy atom. The average Bonchev–Trinajstić information content (AvgIpc) is 3.34. The van der Waals surface area contributed by atoms with E-state index in [-0.39, 0.29) is 22.7 Å². The van der Waals surface area contributed by atoms with Crippen molar-refractivity contribution in [1.82, 2.24) is 29.0 Å². The molecule has 8 nitrogen and oxygen atoms in total. The Balaban J connectivity index is 1.75. The molecule has 1 fully saturated rings. The fraction of sp³-hybridized carbons (Fsp3) is 0.381. The van der Waals surface area contributed by atoms with Gasteiger partial charge in [0, 0.05) is 18.3 Å². The minimum absolute atomic E-state index is 0.0742. The predicted molar refractivity (Wildman–Crippen MR) is 112 cm³/mol. The number of nitrogens with zero attached hydrogens (tertiary/aromatic N) is 5. The Morgan fingerprint density at radius 3 is 2.78 bits per heavy atom. The molecular formula is C21H21F3N6O2. The second-order valence-corrected chi connectivity index (χ2v) is 8.10. The first-order valence-electron chi connectivity index (χ1n) is 10.2. The number of ether oxygens (including phenoxy) is 1. The average molecular weight is 446 g/mol. The van der Waals surface area contributed by atoms with E-state index in [9.17, 15) is 18.0 Å². The van der Waals surface area contributed by atoms with Crippen LogP contribution >= 0.6 is 0 Å². The number of nitrogens with one attached hydrogen (secondary N) is 1. The van der Waals surface area contributed by atoms with Crippen molar-refractivity contribution in [3.63, 3.8) is 0 Å². The smallest absolute Gasteiger partial charge is 0.417 e. The molecule has 1 aliphatic rings. The molecule has 4 heterocycles. The molecule has 0 amide bonds. The summed E-state index contributed by atoms with van der Waals surface area (Å²) >= 11 is 0. The lowest BCUT2D eigenvalue weighted by Crippen LogP contribution is -2.36. The zero-order chi connectivity index (χ0) is 22.6. The quantitative estimate of drug-likeness (QED) is 0.522. The second-order valence-electron chi connectivity index (χ2n) is 8.10. The van der Waals surface area contributed by atoms with Crippen LogP contribution in [0.1, 0.15) is 24.4 Å². The maximum Gasteiger partial charge on any atom is 0.417 e. The van der Waals surface area contributed by atoms with E-state index in [1.54, 1.807) is 0 Å². The fourth-order valence-corrected chi connectivity index (χ4v) is 4.55. The molecule has 5 rings (SSSR count). The number of aromatic nitrogens is 5. The molecule has 3 aromatic heterocycles. The lowest BCUT2D eigenvalue weighted by molar-refractivity contribution is -0.137. The van der Waals surface area contributed by atoms with Crippen LogP contribution in [0.2, 0.25) is 0 Å². The summed E-state index contributed by atoms with van der Waals surface area (Å²) in [5.74, 6) is 0.296. The monoisotopic (exact) mass is 446 g/mol. The Kier molecular flexibility index (Phi) is 4.73. The number of alkyl halides is 3. The number of likely N-dealkylation sites (tertiary alicyclic amines) is 1. The van der Waals surface area contributed by atoms with Gasteiger partial charge in [0.15, 0.2) is 11.4 Å². The molecule has 1 atom stereocenters. The third-order valence-electron chi connectivity index (χ3n) is 6.00. The van der Waals surface area contributed by atoms with Crippen LogP contribution in [0.3, 0.4) is 0 Å². The highest BCUT2D eigenvalue weighted by Gasteiger charge is 2.35. The van der Waals surface area contributed by atoms with Crippen LogP contribution in [0.15, 0.2) is 35.5 Å². The normalized spacial score (nSPS) is 18.0. The SMILES string of the molecule is COc1cc(-c2cc3[nH]c(=O)n(C4CCCN(C)C4)c3cc2C(F)(F)F)cn2ncnc12. The van der Waals surface area contributed by atoms with E-state index < -0.39 is 17.4 Å². The van der Waals surface area contributed by atoms with Crippen molar-refractivity contribution in [3.05, 3.63) is 46.8 Å². The molecule has 0 bridgehead atoms. The summed E-state index contributed by atoms with van der Waals surface area (Å²) < 4.78 is 50.6. The first-order chi connectivity index (χ1) is 15.3. The Morgan fingerprint density at radius 1 is 1.25 bits per heavy atom. The van der Waals surface area contributed by atoms with Crippen LogP contribution < -0.4 is 10.4 Å². The Hall–Kier alpha value is -3.34. The Labute approximate surface area is 180 Å². The molecule has 32 heavy (non-hydrogen) atoms. The molecule has 1 N–H and O–H groups in total. The van der Waals surface area contributed by atoms with Crippen molar-refractivity contribution in [2.24, 2.45) is 0 Å². The van der Waals surface area contributed by atoms with Crippen LogP contribution in [-0.4, -0.2) is 56.3 Å². The minimum Gasteiger partial charge on any atom is -0.493 e. The highest BCUT2D eigenvalue weighted by atomic mass is 19.4. The molecule has 0 radical (unpaired) electrons. The fourth-order valence-electron chi connectivity index (χ4n) is 4.55. The van der Waals surface area contributed by atoms with E-state index >= 15 is 0 Å². The number of imidazole rings is 1. The number of methoxy groups -OCH3 is 1. The first-order valence-corrected chi connectivity index (χ1v) is 10.2. The highest BCUT2D eigenvalue weighted by Crippen LogP contribution is 2.40. The zero-order valence-electron chi connectivity index (χ0n) is 17.5. The Bertz CT molecular complexity index is 1370. The number of benzene rings is 1. The lowest BCUT2D eigenvalue weighted by atomic mass is 9.99. The van der Waals surface area contributed by atoms with Gasteiger partial charge in [-0.15, -0.1) is 0 Å². The van der Waals surface area contributed by atoms with Crippen LogP contribution in [0.5, 0.6) is 5.75 Å². The van der Waals surface area contributed by atoms with E-state index in [2.05, 4.69) is 20.0 Å². The van der Waals surface area contributed by atoms with E-state index in [1.165, 1.54) is 40.8 Å². The van der Waals surface area contributed by atoms with Crippen molar-refractivity contribution in [2.75, 3.05) is 27.2 Å². The van der Waals surface area contributed by atoms with Gasteiger partial charge in [0.05, 0.1) is 29.7 Å². The van der Waals surface area contributed by atoms with E-state index in [1.807, 2.05) is 7.05 Å². The van der Waals surface area contributed by atoms with E-state index in [0.29, 0.717) is 23.5 Å². The largest absolute Gasteiger partial charge is 0.493 e. The van der Waals surface area contributed by atoms with Gasteiger partial charge in [-0.1, -0.05) is 0 Å². The molecule has 4 aromatic rings. The summed E-state index contributed by atoms with van der Waals surface area (Å²) in [6, 6.07) is 3.74. The summed E-state index contributed by atoms with van der Waals surface area (Å²) in [4.78, 5) is 21.7. The van der Waals surface area contributed by atoms with Crippen LogP contribution in [-0.2, 0) is 6.18 Å². The van der Waals surface area contributed by atoms with Crippen LogP contribution in [0.4, 0.5) is 13.2 Å². The third kappa shape index (κ3) is 3.32. The maximum absolute atomic E-state index is 14.2. The molecule has 0 saturated carbocycles. The van der Waals surface area contributed by atoms with Gasteiger partial charge in [-0.3, -0.25) is 4.57 Å². The predicted octanol–water partition coefficient (Wildman–Crippen LogP) is 3.33. The lowest BCUT2D eigenvalue weighted by Gasteiger charge is -2.30. The number of rotatable bonds is 3. The molecule has 1 unspecified atom stereocenters. The summed E-state index contributed by atoms with van der Waals surface area (Å²) in [6.45, 7) is 1.51. The summed E-state index contributed by atoms with van der Waals surface area (Å²) in [5.41, 5.74) is -0.0656. The molecule has 168 valence electrons. The van der Waals surface area contributed by atoms with E-state index in [4.69, 9.17) is 4.74 Å². The number of likely N-dealkylation sites (N-methyl/N-ethyl adjacent to an activating group) is 1. The molecule has 0 aliphatic carbocycles. The maximum atomic E-state index is 14.2. The van der Waals surface area contributed by atoms with Gasteiger partial charge >= 0.3 is 11.9 Å². The molecule has 1 aliphatic heterocycles. The van der Waals surface area contributed by atoms with E-state index in [0.717, 1.165) is 25.5 Å². The van der Waals surface area contributed by atoms with Gasteiger partial charge < -0.3 is 14.6 Å². The zero-order valence-corrected chi connectivity index (χ0v) is 17.5. The van der Waals surface area contributed by atoms with Gasteiger partial charge in [0.25, 0.3) is 0 Å². The number of pyridine rings is 1. The topological polar surface area (TPSA) is 80.5 Å². The highest BCUT2D eigenvalue weighted by molar-refractivity contribution is 5.85. The molecule has 1 aromatic carbocycles. The van der Waals surface area contributed by atoms with Crippen molar-refractivity contribution in [2.45, 2.75) is 25.1 Å². The first kappa shape index (κ1) is 20.6. The summed E-state index contributed by atoms with van der Waals surface area (Å²) in [7, 11) is 3.36. The van der Waals surface area contributed by atoms with Gasteiger partial charge in [-0.2, -0.15) is 18.3 Å². The molecular weight excluding hydrogens is 425 g/mol. The standard InChI is InChI=1S/C21H21F3N6O2/c1-28-5-3-4-13(10-28)30-17-8-15(21(22,23)24)14(7-16(17)27-20(30)31)12-6-18(32-2)19-25-11-26-29(19)9-12/h6-9,11,13H,3-5,10H2,1-2H3,(H,27,31). The summed E-state index contributed by atoms with van der Waals surface area (Å²) in [6.07, 6.45) is -0.251. The van der Waals surface area contributed by atoms with Gasteiger partial charge in [-0.25, -0.2) is 14.3 Å². The molecule has 11 heteroatoms.